The zero-order chi connectivity index (χ0) is 20.2. The van der Waals surface area contributed by atoms with Crippen molar-refractivity contribution in [1.82, 2.24) is 24.8 Å². The zero-order valence-electron chi connectivity index (χ0n) is 15.2. The standard InChI is InChI=1S/C19H16N6O2S2/c1-2-10-23(18-20-15(13-29-18)14-7-4-3-5-8-14)16(26)12-24-19(27)25(22-21-24)17-9-6-11-28-17/h2-9,11,13H,1,10,12H2. The first-order chi connectivity index (χ1) is 14.2. The Morgan fingerprint density at radius 3 is 2.69 bits per heavy atom. The number of hydrogen-bond acceptors (Lipinski definition) is 7. The van der Waals surface area contributed by atoms with E-state index in [-0.39, 0.29) is 19.0 Å². The molecule has 3 heterocycles. The Bertz CT molecular complexity index is 1180. The van der Waals surface area contributed by atoms with Gasteiger partial charge in [0.05, 0.1) is 5.69 Å². The van der Waals surface area contributed by atoms with E-state index in [0.717, 1.165) is 15.9 Å². The van der Waals surface area contributed by atoms with Crippen LogP contribution in [0.4, 0.5) is 5.13 Å². The van der Waals surface area contributed by atoms with Gasteiger partial charge in [0, 0.05) is 17.5 Å². The van der Waals surface area contributed by atoms with E-state index in [4.69, 9.17) is 0 Å². The van der Waals surface area contributed by atoms with Crippen LogP contribution in [0.3, 0.4) is 0 Å². The highest BCUT2D eigenvalue weighted by molar-refractivity contribution is 7.14. The summed E-state index contributed by atoms with van der Waals surface area (Å²) in [6.45, 7) is 3.75. The first kappa shape index (κ1) is 19.0. The molecule has 0 unspecified atom stereocenters. The van der Waals surface area contributed by atoms with E-state index in [1.165, 1.54) is 32.3 Å². The molecule has 1 aromatic carbocycles. The molecule has 0 fully saturated rings. The topological polar surface area (TPSA) is 85.9 Å². The Balaban J connectivity index is 1.57. The molecule has 146 valence electrons. The third kappa shape index (κ3) is 3.93. The molecule has 0 aliphatic heterocycles. The molecular formula is C19H16N6O2S2. The quantitative estimate of drug-likeness (QED) is 0.426. The molecular weight excluding hydrogens is 408 g/mol. The van der Waals surface area contributed by atoms with Gasteiger partial charge in [-0.05, 0) is 27.9 Å². The second-order valence-corrected chi connectivity index (χ2v) is 7.72. The zero-order valence-corrected chi connectivity index (χ0v) is 16.8. The van der Waals surface area contributed by atoms with Gasteiger partial charge < -0.3 is 0 Å². The molecule has 0 saturated heterocycles. The van der Waals surface area contributed by atoms with E-state index in [9.17, 15) is 9.59 Å². The van der Waals surface area contributed by atoms with Crippen LogP contribution >= 0.6 is 22.7 Å². The lowest BCUT2D eigenvalue weighted by Crippen LogP contribution is -2.37. The molecule has 4 aromatic rings. The molecule has 8 nitrogen and oxygen atoms in total. The molecule has 10 heteroatoms. The van der Waals surface area contributed by atoms with Crippen LogP contribution in [-0.2, 0) is 11.3 Å². The normalized spacial score (nSPS) is 10.8. The maximum absolute atomic E-state index is 12.9. The van der Waals surface area contributed by atoms with Crippen LogP contribution in [-0.4, -0.2) is 37.2 Å². The summed E-state index contributed by atoms with van der Waals surface area (Å²) in [6.07, 6.45) is 1.62. The van der Waals surface area contributed by atoms with Crippen LogP contribution in [0, 0.1) is 0 Å². The van der Waals surface area contributed by atoms with Crippen LogP contribution in [0.2, 0.25) is 0 Å². The minimum absolute atomic E-state index is 0.238. The van der Waals surface area contributed by atoms with Gasteiger partial charge in [-0.1, -0.05) is 36.4 Å². The van der Waals surface area contributed by atoms with Crippen molar-refractivity contribution in [3.05, 3.63) is 76.4 Å². The third-order valence-electron chi connectivity index (χ3n) is 4.04. The SMILES string of the molecule is C=CCN(C(=O)Cn1nnn(-c2cccs2)c1=O)c1nc(-c2ccccc2)cs1. The number of anilines is 1. The Labute approximate surface area is 174 Å². The van der Waals surface area contributed by atoms with Crippen molar-refractivity contribution in [1.29, 1.82) is 0 Å². The molecule has 1 amide bonds. The highest BCUT2D eigenvalue weighted by atomic mass is 32.1. The van der Waals surface area contributed by atoms with E-state index in [2.05, 4.69) is 22.0 Å². The second-order valence-electron chi connectivity index (χ2n) is 5.96. The van der Waals surface area contributed by atoms with Crippen LogP contribution in [0.15, 0.2) is 70.7 Å². The van der Waals surface area contributed by atoms with Gasteiger partial charge in [-0.3, -0.25) is 9.69 Å². The van der Waals surface area contributed by atoms with Gasteiger partial charge in [0.2, 0.25) is 0 Å². The number of rotatable bonds is 7. The highest BCUT2D eigenvalue weighted by Crippen LogP contribution is 2.27. The summed E-state index contributed by atoms with van der Waals surface area (Å²) < 4.78 is 2.22. The number of tetrazole rings is 1. The smallest absolute Gasteiger partial charge is 0.283 e. The fourth-order valence-electron chi connectivity index (χ4n) is 2.66. The van der Waals surface area contributed by atoms with E-state index in [1.807, 2.05) is 47.2 Å². The van der Waals surface area contributed by atoms with Gasteiger partial charge in [-0.25, -0.2) is 9.78 Å². The summed E-state index contributed by atoms with van der Waals surface area (Å²) >= 11 is 2.72. The van der Waals surface area contributed by atoms with E-state index in [0.29, 0.717) is 10.1 Å². The molecule has 3 aromatic heterocycles. The molecule has 4 rings (SSSR count). The van der Waals surface area contributed by atoms with Crippen LogP contribution in [0.5, 0.6) is 0 Å². The van der Waals surface area contributed by atoms with Crippen molar-refractivity contribution >= 4 is 33.7 Å². The molecule has 0 saturated carbocycles. The minimum Gasteiger partial charge on any atom is -0.283 e. The number of hydrogen-bond donors (Lipinski definition) is 0. The summed E-state index contributed by atoms with van der Waals surface area (Å²) in [5.41, 5.74) is 1.29. The number of carbonyl (C=O) groups is 1. The van der Waals surface area contributed by atoms with Gasteiger partial charge in [0.1, 0.15) is 11.5 Å². The van der Waals surface area contributed by atoms with E-state index < -0.39 is 5.69 Å². The number of benzene rings is 1. The fourth-order valence-corrected chi connectivity index (χ4v) is 4.19. The first-order valence-corrected chi connectivity index (χ1v) is 10.4. The molecule has 0 atom stereocenters. The Hall–Kier alpha value is -3.37. The van der Waals surface area contributed by atoms with Crippen LogP contribution in [0.25, 0.3) is 16.3 Å². The average molecular weight is 425 g/mol. The molecule has 0 N–H and O–H groups in total. The Morgan fingerprint density at radius 1 is 1.14 bits per heavy atom. The predicted molar refractivity (Wildman–Crippen MR) is 114 cm³/mol. The molecule has 0 bridgehead atoms. The fraction of sp³-hybridized carbons (Fsp3) is 0.105. The summed E-state index contributed by atoms with van der Waals surface area (Å²) in [5.74, 6) is -0.320. The Kier molecular flexibility index (Phi) is 5.45. The van der Waals surface area contributed by atoms with Crippen molar-refractivity contribution < 1.29 is 4.79 Å². The number of thiazole rings is 1. The van der Waals surface area contributed by atoms with Crippen molar-refractivity contribution in [3.8, 4) is 16.3 Å². The monoisotopic (exact) mass is 424 g/mol. The van der Waals surface area contributed by atoms with Gasteiger partial charge in [-0.15, -0.1) is 29.3 Å². The second kappa shape index (κ2) is 8.33. The van der Waals surface area contributed by atoms with Crippen molar-refractivity contribution in [2.24, 2.45) is 0 Å². The van der Waals surface area contributed by atoms with Gasteiger partial charge >= 0.3 is 5.69 Å². The molecule has 0 aliphatic rings. The Morgan fingerprint density at radius 2 is 1.97 bits per heavy atom. The number of aromatic nitrogens is 5. The number of nitrogens with zero attached hydrogens (tertiary/aromatic N) is 6. The highest BCUT2D eigenvalue weighted by Gasteiger charge is 2.21. The first-order valence-electron chi connectivity index (χ1n) is 8.66. The average Bonchev–Trinajstić information content (AvgIpc) is 3.49. The summed E-state index contributed by atoms with van der Waals surface area (Å²) in [5, 5.41) is 12.6. The lowest BCUT2D eigenvalue weighted by Gasteiger charge is -2.17. The third-order valence-corrected chi connectivity index (χ3v) is 5.75. The van der Waals surface area contributed by atoms with E-state index in [1.54, 1.807) is 12.1 Å². The maximum Gasteiger partial charge on any atom is 0.369 e. The van der Waals surface area contributed by atoms with Crippen molar-refractivity contribution in [3.63, 3.8) is 0 Å². The van der Waals surface area contributed by atoms with Gasteiger partial charge in [0.15, 0.2) is 5.13 Å². The van der Waals surface area contributed by atoms with Gasteiger partial charge in [0.25, 0.3) is 5.91 Å². The molecule has 0 radical (unpaired) electrons. The van der Waals surface area contributed by atoms with E-state index >= 15 is 0 Å². The maximum atomic E-state index is 12.9. The molecule has 0 spiro atoms. The lowest BCUT2D eigenvalue weighted by atomic mass is 10.2. The van der Waals surface area contributed by atoms with Crippen molar-refractivity contribution in [2.45, 2.75) is 6.54 Å². The van der Waals surface area contributed by atoms with Crippen molar-refractivity contribution in [2.75, 3.05) is 11.4 Å². The number of carbonyl (C=O) groups excluding carboxylic acids is 1. The molecule has 29 heavy (non-hydrogen) atoms. The summed E-state index contributed by atoms with van der Waals surface area (Å²) in [7, 11) is 0. The summed E-state index contributed by atoms with van der Waals surface area (Å²) in [6, 6.07) is 13.3. The van der Waals surface area contributed by atoms with Crippen LogP contribution in [0.1, 0.15) is 0 Å². The lowest BCUT2D eigenvalue weighted by molar-refractivity contribution is -0.119. The predicted octanol–water partition coefficient (Wildman–Crippen LogP) is 2.83. The minimum atomic E-state index is -0.469. The van der Waals surface area contributed by atoms with Gasteiger partial charge in [-0.2, -0.15) is 9.36 Å². The van der Waals surface area contributed by atoms with Crippen LogP contribution < -0.4 is 10.6 Å². The molecule has 0 aliphatic carbocycles. The number of thiophene rings is 1. The number of amides is 1. The summed E-state index contributed by atoms with van der Waals surface area (Å²) in [4.78, 5) is 31.5. The largest absolute Gasteiger partial charge is 0.369 e.